The minimum Gasteiger partial charge on any atom is -0.479 e. The smallest absolute Gasteiger partial charge is 0.344 e. The molecule has 3 fully saturated rings. The van der Waals surface area contributed by atoms with Crippen LogP contribution in [0.15, 0.2) is 52.8 Å². The van der Waals surface area contributed by atoms with Crippen LogP contribution in [0.4, 0.5) is 0 Å². The van der Waals surface area contributed by atoms with Crippen molar-refractivity contribution in [3.63, 3.8) is 0 Å². The van der Waals surface area contributed by atoms with Gasteiger partial charge < -0.3 is 59.0 Å². The first-order valence-electron chi connectivity index (χ1n) is 25.3. The molecule has 16 atom stereocenters. The van der Waals surface area contributed by atoms with Gasteiger partial charge in [0.15, 0.2) is 0 Å². The summed E-state index contributed by atoms with van der Waals surface area (Å²) in [5, 5.41) is 59.8. The van der Waals surface area contributed by atoms with Crippen molar-refractivity contribution in [2.24, 2.45) is 40.7 Å². The quantitative estimate of drug-likeness (QED) is 0.0787. The minimum atomic E-state index is -2.44. The zero-order valence-electron chi connectivity index (χ0n) is 43.2. The summed E-state index contributed by atoms with van der Waals surface area (Å²) in [6.45, 7) is 12.3. The molecule has 4 aliphatic rings. The summed E-state index contributed by atoms with van der Waals surface area (Å²) in [6.07, 6.45) is 10.5. The Bertz CT molecular complexity index is 1880. The number of methoxy groups -OCH3 is 3. The second-order valence-electron chi connectivity index (χ2n) is 20.6. The summed E-state index contributed by atoms with van der Waals surface area (Å²) in [4.78, 5) is 60.9. The number of carboxylic acid groups (broad SMARTS) is 1. The highest BCUT2D eigenvalue weighted by atomic mass is 16.6. The number of oxime groups is 1. The number of aliphatic hydroxyl groups is 4. The maximum atomic E-state index is 14.5. The fourth-order valence-electron chi connectivity index (χ4n) is 10.6. The molecule has 2 saturated heterocycles. The van der Waals surface area contributed by atoms with Crippen LogP contribution in [-0.2, 0) is 47.7 Å². The second-order valence-corrected chi connectivity index (χ2v) is 20.6. The van der Waals surface area contributed by atoms with E-state index < -0.39 is 96.6 Å². The highest BCUT2D eigenvalue weighted by Gasteiger charge is 2.53. The minimum absolute atomic E-state index is 0.00546. The Kier molecular flexibility index (Phi) is 23.4. The number of allylic oxidation sites excluding steroid dienone is 5. The average molecular weight is 989 g/mol. The Balaban J connectivity index is 1.75. The van der Waals surface area contributed by atoms with Crippen LogP contribution >= 0.6 is 0 Å². The molecule has 17 nitrogen and oxygen atoms in total. The molecule has 0 aromatic carbocycles. The molecule has 1 saturated carbocycles. The number of carboxylic acids is 1. The Labute approximate surface area is 415 Å². The molecule has 396 valence electrons. The molecule has 2 bridgehead atoms. The predicted octanol–water partition coefficient (Wildman–Crippen LogP) is 5.86. The maximum Gasteiger partial charge on any atom is 0.344 e. The number of esters is 1. The Morgan fingerprint density at radius 1 is 0.871 bits per heavy atom. The van der Waals surface area contributed by atoms with E-state index in [1.807, 2.05) is 58.1 Å². The largest absolute Gasteiger partial charge is 0.479 e. The van der Waals surface area contributed by atoms with Gasteiger partial charge >= 0.3 is 11.9 Å². The molecule has 17 heteroatoms. The van der Waals surface area contributed by atoms with E-state index in [2.05, 4.69) is 5.16 Å². The van der Waals surface area contributed by atoms with Crippen LogP contribution in [-0.4, -0.2) is 155 Å². The summed E-state index contributed by atoms with van der Waals surface area (Å²) >= 11 is 0. The van der Waals surface area contributed by atoms with Gasteiger partial charge in [-0.2, -0.15) is 0 Å². The number of nitrogens with zero attached hydrogens (tertiary/aromatic N) is 2. The summed E-state index contributed by atoms with van der Waals surface area (Å²) in [6, 6.07) is -1.14. The zero-order valence-corrected chi connectivity index (χ0v) is 43.2. The average Bonchev–Trinajstić information content (AvgIpc) is 3.32. The van der Waals surface area contributed by atoms with Gasteiger partial charge in [0.05, 0.1) is 36.2 Å². The number of hydrogen-bond acceptors (Lipinski definition) is 15. The number of rotatable bonds is 9. The molecule has 3 aliphatic heterocycles. The highest BCUT2D eigenvalue weighted by Crippen LogP contribution is 2.38. The number of piperidine rings is 1. The molecular weight excluding hydrogens is 905 g/mol. The van der Waals surface area contributed by atoms with Crippen molar-refractivity contribution in [3.05, 3.63) is 47.6 Å². The number of ketones is 1. The monoisotopic (exact) mass is 989 g/mol. The van der Waals surface area contributed by atoms with E-state index in [-0.39, 0.29) is 49.2 Å². The topological polar surface area (TPSA) is 240 Å². The van der Waals surface area contributed by atoms with Crippen LogP contribution in [0, 0.1) is 35.5 Å². The number of ether oxygens (including phenoxy) is 5. The van der Waals surface area contributed by atoms with Crippen molar-refractivity contribution >= 4 is 29.3 Å². The van der Waals surface area contributed by atoms with Gasteiger partial charge in [-0.15, -0.1) is 0 Å². The maximum absolute atomic E-state index is 14.5. The fraction of sp³-hybridized carbons (Fsp3) is 0.755. The van der Waals surface area contributed by atoms with Crippen LogP contribution in [0.1, 0.15) is 126 Å². The van der Waals surface area contributed by atoms with Crippen LogP contribution in [0.3, 0.4) is 0 Å². The van der Waals surface area contributed by atoms with Gasteiger partial charge in [-0.25, -0.2) is 9.59 Å². The first-order chi connectivity index (χ1) is 33.1. The Morgan fingerprint density at radius 3 is 2.27 bits per heavy atom. The Morgan fingerprint density at radius 2 is 1.60 bits per heavy atom. The van der Waals surface area contributed by atoms with E-state index in [1.165, 1.54) is 12.0 Å². The van der Waals surface area contributed by atoms with Gasteiger partial charge in [0.1, 0.15) is 24.4 Å². The highest BCUT2D eigenvalue weighted by molar-refractivity contribution is 6.39. The van der Waals surface area contributed by atoms with Crippen molar-refractivity contribution in [1.82, 2.24) is 4.90 Å². The SMILES string of the molecule is CO[C@H]1C[C@@H]2CC[C@@H](C)[C@@](O)(O2)C(=O)C(=O)N2CCCC[C@H]2C(=O)O[C@H]([C@H](C)C[C@@H]2CC[C@@H](O)[C@H](OC)C2)C[C@@H](O)[C@H](C)/C=C(\C)[C@@H](O)[C@@H](OC)C(=NOCC(=O)O)[C@H](C)C[C@H](C)/C=C/C=CC=C1C. The van der Waals surface area contributed by atoms with Crippen LogP contribution < -0.4 is 0 Å². The van der Waals surface area contributed by atoms with E-state index >= 15 is 0 Å². The summed E-state index contributed by atoms with van der Waals surface area (Å²) in [5.74, 6) is -8.39. The number of aliphatic carboxylic acids is 1. The molecule has 0 aromatic heterocycles. The van der Waals surface area contributed by atoms with Crippen LogP contribution in [0.2, 0.25) is 0 Å². The first-order valence-corrected chi connectivity index (χ1v) is 25.3. The number of amides is 1. The Hall–Kier alpha value is -3.81. The molecule has 3 heterocycles. The lowest BCUT2D eigenvalue weighted by molar-refractivity contribution is -0.265. The lowest BCUT2D eigenvalue weighted by Crippen LogP contribution is -2.61. The van der Waals surface area contributed by atoms with Gasteiger partial charge in [-0.3, -0.25) is 9.59 Å². The molecule has 0 radical (unpaired) electrons. The fourth-order valence-corrected chi connectivity index (χ4v) is 10.6. The van der Waals surface area contributed by atoms with E-state index in [0.717, 1.165) is 12.0 Å². The van der Waals surface area contributed by atoms with Gasteiger partial charge in [0.2, 0.25) is 12.4 Å². The summed E-state index contributed by atoms with van der Waals surface area (Å²) < 4.78 is 29.8. The molecule has 0 unspecified atom stereocenters. The number of cyclic esters (lactones) is 1. The normalized spacial score (nSPS) is 38.7. The lowest BCUT2D eigenvalue weighted by Gasteiger charge is -2.43. The third kappa shape index (κ3) is 16.1. The van der Waals surface area contributed by atoms with Crippen LogP contribution in [0.25, 0.3) is 0 Å². The molecule has 0 spiro atoms. The number of aliphatic hydroxyl groups excluding tert-OH is 3. The van der Waals surface area contributed by atoms with Crippen molar-refractivity contribution in [3.8, 4) is 0 Å². The van der Waals surface area contributed by atoms with E-state index in [4.69, 9.17) is 28.5 Å². The van der Waals surface area contributed by atoms with Gasteiger partial charge in [0.25, 0.3) is 11.7 Å². The molecule has 70 heavy (non-hydrogen) atoms. The van der Waals surface area contributed by atoms with Crippen molar-refractivity contribution in [1.29, 1.82) is 0 Å². The number of Topliss-reactive ketones (excluding diaryl/α,β-unsaturated/α-hetero) is 1. The summed E-state index contributed by atoms with van der Waals surface area (Å²) in [7, 11) is 4.56. The number of carbonyl (C=O) groups is 4. The lowest BCUT2D eigenvalue weighted by atomic mass is 9.78. The molecule has 4 rings (SSSR count). The van der Waals surface area contributed by atoms with E-state index in [0.29, 0.717) is 69.1 Å². The third-order valence-electron chi connectivity index (χ3n) is 15.1. The predicted molar refractivity (Wildman–Crippen MR) is 262 cm³/mol. The summed E-state index contributed by atoms with van der Waals surface area (Å²) in [5.41, 5.74) is 1.61. The molecule has 0 aromatic rings. The first kappa shape index (κ1) is 58.8. The van der Waals surface area contributed by atoms with Gasteiger partial charge in [0, 0.05) is 58.5 Å². The number of carbonyl (C=O) groups excluding carboxylic acids is 3. The molecule has 1 amide bonds. The molecule has 5 N–H and O–H groups in total. The third-order valence-corrected chi connectivity index (χ3v) is 15.1. The van der Waals surface area contributed by atoms with Gasteiger partial charge in [-0.05, 0) is 107 Å². The van der Waals surface area contributed by atoms with Crippen molar-refractivity contribution < 1.29 is 73.2 Å². The van der Waals surface area contributed by atoms with Crippen molar-refractivity contribution in [2.75, 3.05) is 34.5 Å². The van der Waals surface area contributed by atoms with E-state index in [1.54, 1.807) is 41.1 Å². The van der Waals surface area contributed by atoms with Gasteiger partial charge in [-0.1, -0.05) is 76.2 Å². The van der Waals surface area contributed by atoms with E-state index in [9.17, 15) is 44.7 Å². The second kappa shape index (κ2) is 27.9. The number of fused-ring (bicyclic) bond motifs is 3. The molecule has 1 aliphatic carbocycles. The molecular formula is C53H84N2O15. The van der Waals surface area contributed by atoms with Crippen LogP contribution in [0.5, 0.6) is 0 Å². The number of hydrogen-bond donors (Lipinski definition) is 5. The van der Waals surface area contributed by atoms with Crippen molar-refractivity contribution in [2.45, 2.75) is 186 Å². The zero-order chi connectivity index (χ0) is 51.9. The standard InChI is InChI=1S/C53H84N2O15/c1-31-16-12-11-13-17-32(2)43(65-8)28-39-21-19-37(7)53(64,70-39)50(61)51(62)55-23-15-14-18-40(55)52(63)69-44(34(4)26-38-20-22-41(56)45(27-38)66-9)29-42(57)33(3)25-36(6)48(60)49(67-10)47(35(5)24-31)54-68-30-46(58)59/h11-13,16-17,25,31,33-35,37-45,48-49,56-57,60,64H,14-15,18-24,26-30H2,1-10H3,(H,58,59)/b13-11?,16-12+,32-17?,36-25+,54-47?/t31-,33-,34-,35-,37-,38+,39+,40+,41-,42-,43+,44+,45-,48-,49+,53-/m1/s1.